The van der Waals surface area contributed by atoms with Gasteiger partial charge >= 0.3 is 0 Å². The van der Waals surface area contributed by atoms with Crippen molar-refractivity contribution in [3.63, 3.8) is 0 Å². The maximum atomic E-state index is 5.32. The first kappa shape index (κ1) is 6.70. The Morgan fingerprint density at radius 2 is 2.33 bits per heavy atom. The summed E-state index contributed by atoms with van der Waals surface area (Å²) >= 11 is 3.19. The van der Waals surface area contributed by atoms with Crippen LogP contribution in [-0.2, 0) is 13.6 Å². The van der Waals surface area contributed by atoms with Gasteiger partial charge in [-0.2, -0.15) is 0 Å². The van der Waals surface area contributed by atoms with Gasteiger partial charge in [-0.25, -0.2) is 0 Å². The van der Waals surface area contributed by atoms with Crippen LogP contribution in [0.4, 0.5) is 0 Å². The van der Waals surface area contributed by atoms with Crippen LogP contribution in [0.2, 0.25) is 0 Å². The van der Waals surface area contributed by atoms with E-state index in [-0.39, 0.29) is 0 Å². The zero-order valence-corrected chi connectivity index (χ0v) is 6.59. The van der Waals surface area contributed by atoms with Gasteiger partial charge in [-0.1, -0.05) is 0 Å². The molecule has 1 aromatic heterocycles. The number of nitrogens with zero attached hydrogens (tertiary/aromatic N) is 3. The lowest BCUT2D eigenvalue weighted by Crippen LogP contribution is -2.04. The summed E-state index contributed by atoms with van der Waals surface area (Å²) in [6.45, 7) is 0.426. The van der Waals surface area contributed by atoms with Crippen LogP contribution >= 0.6 is 15.9 Å². The van der Waals surface area contributed by atoms with Gasteiger partial charge < -0.3 is 10.3 Å². The van der Waals surface area contributed by atoms with Crippen LogP contribution in [0.5, 0.6) is 0 Å². The molecule has 0 saturated carbocycles. The van der Waals surface area contributed by atoms with E-state index in [4.69, 9.17) is 5.73 Å². The number of aromatic nitrogens is 3. The Kier molecular flexibility index (Phi) is 1.82. The predicted octanol–water partition coefficient (Wildman–Crippen LogP) is 0.0363. The van der Waals surface area contributed by atoms with Crippen LogP contribution in [0.15, 0.2) is 4.73 Å². The molecule has 0 aliphatic heterocycles. The number of hydrogen-bond donors (Lipinski definition) is 1. The maximum Gasteiger partial charge on any atom is 0.199 e. The van der Waals surface area contributed by atoms with Gasteiger partial charge in [0.1, 0.15) is 5.82 Å². The van der Waals surface area contributed by atoms with Crippen molar-refractivity contribution in [2.24, 2.45) is 12.8 Å². The van der Waals surface area contributed by atoms with Crippen LogP contribution in [0, 0.1) is 0 Å². The highest BCUT2D eigenvalue weighted by molar-refractivity contribution is 9.10. The lowest BCUT2D eigenvalue weighted by Gasteiger charge is -1.93. The molecule has 1 heterocycles. The minimum absolute atomic E-state index is 0.426. The molecule has 0 saturated heterocycles. The first-order valence-corrected chi connectivity index (χ1v) is 3.29. The molecule has 0 unspecified atom stereocenters. The molecule has 0 fully saturated rings. The van der Waals surface area contributed by atoms with Gasteiger partial charge in [-0.3, -0.25) is 0 Å². The molecule has 0 radical (unpaired) electrons. The van der Waals surface area contributed by atoms with Crippen molar-refractivity contribution in [2.75, 3.05) is 0 Å². The van der Waals surface area contributed by atoms with Gasteiger partial charge in [0.05, 0.1) is 6.54 Å². The molecular formula is C4H7BrN4. The summed E-state index contributed by atoms with van der Waals surface area (Å²) in [5.41, 5.74) is 5.32. The molecule has 4 nitrogen and oxygen atoms in total. The van der Waals surface area contributed by atoms with E-state index >= 15 is 0 Å². The monoisotopic (exact) mass is 190 g/mol. The second kappa shape index (κ2) is 2.45. The zero-order valence-electron chi connectivity index (χ0n) is 5.00. The molecular weight excluding hydrogens is 184 g/mol. The van der Waals surface area contributed by atoms with Crippen molar-refractivity contribution < 1.29 is 0 Å². The van der Waals surface area contributed by atoms with Crippen molar-refractivity contribution in [3.05, 3.63) is 10.6 Å². The number of rotatable bonds is 1. The average molecular weight is 191 g/mol. The lowest BCUT2D eigenvalue weighted by atomic mass is 10.6. The van der Waals surface area contributed by atoms with E-state index in [1.54, 1.807) is 4.57 Å². The van der Waals surface area contributed by atoms with Gasteiger partial charge in [-0.15, -0.1) is 10.2 Å². The fraction of sp³-hybridized carbons (Fsp3) is 0.500. The molecule has 2 N–H and O–H groups in total. The van der Waals surface area contributed by atoms with E-state index in [1.165, 1.54) is 0 Å². The Hall–Kier alpha value is -0.420. The summed E-state index contributed by atoms with van der Waals surface area (Å²) in [4.78, 5) is 0. The Labute approximate surface area is 61.2 Å². The number of nitrogens with two attached hydrogens (primary N) is 1. The molecule has 0 aliphatic rings. The molecule has 0 aromatic carbocycles. The van der Waals surface area contributed by atoms with E-state index in [9.17, 15) is 0 Å². The predicted molar refractivity (Wildman–Crippen MR) is 36.6 cm³/mol. The third-order valence-electron chi connectivity index (χ3n) is 1.09. The first-order valence-electron chi connectivity index (χ1n) is 2.49. The summed E-state index contributed by atoms with van der Waals surface area (Å²) in [5, 5.41) is 7.51. The second-order valence-corrected chi connectivity index (χ2v) is 2.36. The van der Waals surface area contributed by atoms with Crippen LogP contribution in [-0.4, -0.2) is 14.8 Å². The SMILES string of the molecule is Cn1c(Br)nnc1CN. The summed E-state index contributed by atoms with van der Waals surface area (Å²) in [6, 6.07) is 0. The van der Waals surface area contributed by atoms with E-state index in [0.29, 0.717) is 11.3 Å². The highest BCUT2D eigenvalue weighted by Gasteiger charge is 2.01. The molecule has 0 atom stereocenters. The highest BCUT2D eigenvalue weighted by Crippen LogP contribution is 2.04. The molecule has 9 heavy (non-hydrogen) atoms. The van der Waals surface area contributed by atoms with Crippen LogP contribution in [0.1, 0.15) is 5.82 Å². The van der Waals surface area contributed by atoms with Gasteiger partial charge in [0.25, 0.3) is 0 Å². The summed E-state index contributed by atoms with van der Waals surface area (Å²) in [6.07, 6.45) is 0. The molecule has 1 aromatic rings. The number of halogens is 1. The van der Waals surface area contributed by atoms with E-state index in [0.717, 1.165) is 5.82 Å². The topological polar surface area (TPSA) is 56.7 Å². The normalized spacial score (nSPS) is 10.1. The molecule has 0 aliphatic carbocycles. The molecule has 0 spiro atoms. The van der Waals surface area contributed by atoms with Crippen molar-refractivity contribution in [3.8, 4) is 0 Å². The Balaban J connectivity index is 3.04. The second-order valence-electron chi connectivity index (χ2n) is 1.65. The van der Waals surface area contributed by atoms with Crippen molar-refractivity contribution in [2.45, 2.75) is 6.54 Å². The minimum atomic E-state index is 0.426. The maximum absolute atomic E-state index is 5.32. The Morgan fingerprint density at radius 3 is 2.56 bits per heavy atom. The van der Waals surface area contributed by atoms with Gasteiger partial charge in [0.2, 0.25) is 0 Å². The van der Waals surface area contributed by atoms with Crippen LogP contribution in [0.25, 0.3) is 0 Å². The van der Waals surface area contributed by atoms with E-state index in [1.807, 2.05) is 7.05 Å². The molecule has 0 amide bonds. The molecule has 1 rings (SSSR count). The standard InChI is InChI=1S/C4H7BrN4/c1-9-3(2-6)7-8-4(9)5/h2,6H2,1H3. The average Bonchev–Trinajstić information content (AvgIpc) is 2.15. The van der Waals surface area contributed by atoms with Crippen molar-refractivity contribution >= 4 is 15.9 Å². The largest absolute Gasteiger partial charge is 0.324 e. The van der Waals surface area contributed by atoms with Gasteiger partial charge in [0.15, 0.2) is 4.73 Å². The minimum Gasteiger partial charge on any atom is -0.324 e. The highest BCUT2D eigenvalue weighted by atomic mass is 79.9. The van der Waals surface area contributed by atoms with E-state index < -0.39 is 0 Å². The first-order chi connectivity index (χ1) is 4.25. The lowest BCUT2D eigenvalue weighted by molar-refractivity contribution is 0.781. The summed E-state index contributed by atoms with van der Waals surface area (Å²) < 4.78 is 2.50. The molecule has 50 valence electrons. The fourth-order valence-corrected chi connectivity index (χ4v) is 0.801. The summed E-state index contributed by atoms with van der Waals surface area (Å²) in [5.74, 6) is 0.780. The molecule has 5 heteroatoms. The third-order valence-corrected chi connectivity index (χ3v) is 1.79. The van der Waals surface area contributed by atoms with Gasteiger partial charge in [0, 0.05) is 7.05 Å². The van der Waals surface area contributed by atoms with Crippen LogP contribution < -0.4 is 5.73 Å². The third kappa shape index (κ3) is 1.11. The van der Waals surface area contributed by atoms with Crippen molar-refractivity contribution in [1.82, 2.24) is 14.8 Å². The smallest absolute Gasteiger partial charge is 0.199 e. The molecule has 0 bridgehead atoms. The summed E-state index contributed by atoms with van der Waals surface area (Å²) in [7, 11) is 1.85. The van der Waals surface area contributed by atoms with Gasteiger partial charge in [-0.05, 0) is 15.9 Å². The fourth-order valence-electron chi connectivity index (χ4n) is 0.517. The van der Waals surface area contributed by atoms with Crippen molar-refractivity contribution in [1.29, 1.82) is 0 Å². The van der Waals surface area contributed by atoms with E-state index in [2.05, 4.69) is 26.1 Å². The quantitative estimate of drug-likeness (QED) is 0.681. The van der Waals surface area contributed by atoms with Crippen LogP contribution in [0.3, 0.4) is 0 Å². The number of hydrogen-bond acceptors (Lipinski definition) is 3. The zero-order chi connectivity index (χ0) is 6.85. The Morgan fingerprint density at radius 1 is 1.67 bits per heavy atom. The Bertz CT molecular complexity index is 206.